The van der Waals surface area contributed by atoms with Gasteiger partial charge in [-0.1, -0.05) is 28.9 Å². The molecule has 0 unspecified atom stereocenters. The summed E-state index contributed by atoms with van der Waals surface area (Å²) in [5.74, 6) is 0.851. The topological polar surface area (TPSA) is 35.2 Å². The van der Waals surface area contributed by atoms with Crippen molar-refractivity contribution in [3.8, 4) is 5.75 Å². The SMILES string of the molecule is CC[C@@H](N)c1ccc(Br)cc1OC. The van der Waals surface area contributed by atoms with Gasteiger partial charge in [0.1, 0.15) is 5.75 Å². The Balaban J connectivity index is 3.05. The molecule has 0 bridgehead atoms. The highest BCUT2D eigenvalue weighted by molar-refractivity contribution is 9.10. The van der Waals surface area contributed by atoms with Crippen LogP contribution in [0, 0.1) is 0 Å². The van der Waals surface area contributed by atoms with Gasteiger partial charge < -0.3 is 10.5 Å². The largest absolute Gasteiger partial charge is 0.496 e. The Morgan fingerprint density at radius 1 is 1.54 bits per heavy atom. The van der Waals surface area contributed by atoms with Crippen LogP contribution >= 0.6 is 15.9 Å². The number of benzene rings is 1. The van der Waals surface area contributed by atoms with E-state index in [1.165, 1.54) is 0 Å². The van der Waals surface area contributed by atoms with E-state index in [1.54, 1.807) is 7.11 Å². The Bertz CT molecular complexity index is 288. The molecule has 3 heteroatoms. The number of hydrogen-bond acceptors (Lipinski definition) is 2. The molecule has 0 radical (unpaired) electrons. The number of methoxy groups -OCH3 is 1. The van der Waals surface area contributed by atoms with Crippen molar-refractivity contribution >= 4 is 15.9 Å². The van der Waals surface area contributed by atoms with Crippen LogP contribution in [0.3, 0.4) is 0 Å². The first-order valence-electron chi connectivity index (χ1n) is 4.28. The average Bonchev–Trinajstić information content (AvgIpc) is 2.16. The number of nitrogens with two attached hydrogens (primary N) is 1. The molecule has 72 valence electrons. The lowest BCUT2D eigenvalue weighted by molar-refractivity contribution is 0.404. The van der Waals surface area contributed by atoms with Crippen LogP contribution in [0.2, 0.25) is 0 Å². The molecular formula is C10H14BrNO. The maximum atomic E-state index is 5.93. The third-order valence-electron chi connectivity index (χ3n) is 2.03. The van der Waals surface area contributed by atoms with E-state index in [0.717, 1.165) is 22.2 Å². The minimum atomic E-state index is 0.0584. The van der Waals surface area contributed by atoms with E-state index in [2.05, 4.69) is 22.9 Å². The molecule has 2 nitrogen and oxygen atoms in total. The van der Waals surface area contributed by atoms with E-state index in [1.807, 2.05) is 18.2 Å². The second kappa shape index (κ2) is 4.63. The Kier molecular flexibility index (Phi) is 3.75. The fourth-order valence-electron chi connectivity index (χ4n) is 1.21. The third-order valence-corrected chi connectivity index (χ3v) is 2.53. The van der Waals surface area contributed by atoms with Crippen molar-refractivity contribution in [3.63, 3.8) is 0 Å². The Morgan fingerprint density at radius 2 is 2.23 bits per heavy atom. The number of halogens is 1. The molecule has 1 aromatic carbocycles. The quantitative estimate of drug-likeness (QED) is 0.887. The van der Waals surface area contributed by atoms with Crippen LogP contribution in [-0.4, -0.2) is 7.11 Å². The fraction of sp³-hybridized carbons (Fsp3) is 0.400. The zero-order valence-electron chi connectivity index (χ0n) is 7.88. The van der Waals surface area contributed by atoms with Crippen molar-refractivity contribution in [1.82, 2.24) is 0 Å². The summed E-state index contributed by atoms with van der Waals surface area (Å²) in [4.78, 5) is 0. The second-order valence-corrected chi connectivity index (χ2v) is 3.82. The van der Waals surface area contributed by atoms with Gasteiger partial charge in [0.25, 0.3) is 0 Å². The van der Waals surface area contributed by atoms with Crippen LogP contribution in [0.4, 0.5) is 0 Å². The van der Waals surface area contributed by atoms with E-state index >= 15 is 0 Å². The molecular weight excluding hydrogens is 230 g/mol. The normalized spacial score (nSPS) is 12.6. The molecule has 1 aromatic rings. The lowest BCUT2D eigenvalue weighted by Gasteiger charge is -2.13. The lowest BCUT2D eigenvalue weighted by Crippen LogP contribution is -2.09. The molecule has 0 heterocycles. The molecule has 0 spiro atoms. The van der Waals surface area contributed by atoms with Gasteiger partial charge in [0, 0.05) is 16.1 Å². The molecule has 1 atom stereocenters. The van der Waals surface area contributed by atoms with E-state index in [0.29, 0.717) is 0 Å². The number of ether oxygens (including phenoxy) is 1. The van der Waals surface area contributed by atoms with Crippen molar-refractivity contribution in [3.05, 3.63) is 28.2 Å². The molecule has 0 fully saturated rings. The molecule has 0 saturated heterocycles. The fourth-order valence-corrected chi connectivity index (χ4v) is 1.55. The highest BCUT2D eigenvalue weighted by Gasteiger charge is 2.09. The summed E-state index contributed by atoms with van der Waals surface area (Å²) >= 11 is 3.39. The monoisotopic (exact) mass is 243 g/mol. The molecule has 0 aliphatic rings. The smallest absolute Gasteiger partial charge is 0.124 e. The van der Waals surface area contributed by atoms with Crippen molar-refractivity contribution < 1.29 is 4.74 Å². The maximum Gasteiger partial charge on any atom is 0.124 e. The summed E-state index contributed by atoms with van der Waals surface area (Å²) in [7, 11) is 1.66. The predicted molar refractivity (Wildman–Crippen MR) is 57.9 cm³/mol. The van der Waals surface area contributed by atoms with Crippen molar-refractivity contribution in [2.24, 2.45) is 5.73 Å². The average molecular weight is 244 g/mol. The summed E-state index contributed by atoms with van der Waals surface area (Å²) in [6, 6.07) is 5.97. The van der Waals surface area contributed by atoms with Crippen LogP contribution in [0.5, 0.6) is 5.75 Å². The maximum absolute atomic E-state index is 5.93. The Hall–Kier alpha value is -0.540. The van der Waals surface area contributed by atoms with Gasteiger partial charge in [0.05, 0.1) is 7.11 Å². The number of rotatable bonds is 3. The van der Waals surface area contributed by atoms with Crippen LogP contribution in [0.25, 0.3) is 0 Å². The number of hydrogen-bond donors (Lipinski definition) is 1. The highest BCUT2D eigenvalue weighted by Crippen LogP contribution is 2.28. The molecule has 0 aliphatic heterocycles. The van der Waals surface area contributed by atoms with E-state index in [9.17, 15) is 0 Å². The Labute approximate surface area is 87.2 Å². The zero-order valence-corrected chi connectivity index (χ0v) is 9.47. The van der Waals surface area contributed by atoms with E-state index < -0.39 is 0 Å². The molecule has 2 N–H and O–H groups in total. The molecule has 0 amide bonds. The minimum Gasteiger partial charge on any atom is -0.496 e. The van der Waals surface area contributed by atoms with Crippen LogP contribution in [-0.2, 0) is 0 Å². The van der Waals surface area contributed by atoms with E-state index in [-0.39, 0.29) is 6.04 Å². The lowest BCUT2D eigenvalue weighted by atomic mass is 10.0. The van der Waals surface area contributed by atoms with Crippen LogP contribution in [0.15, 0.2) is 22.7 Å². The first kappa shape index (κ1) is 10.5. The Morgan fingerprint density at radius 3 is 2.77 bits per heavy atom. The van der Waals surface area contributed by atoms with Gasteiger partial charge in [-0.2, -0.15) is 0 Å². The van der Waals surface area contributed by atoms with Gasteiger partial charge >= 0.3 is 0 Å². The zero-order chi connectivity index (χ0) is 9.84. The predicted octanol–water partition coefficient (Wildman–Crippen LogP) is 2.87. The highest BCUT2D eigenvalue weighted by atomic mass is 79.9. The molecule has 13 heavy (non-hydrogen) atoms. The van der Waals surface area contributed by atoms with Crippen molar-refractivity contribution in [2.75, 3.05) is 7.11 Å². The summed E-state index contributed by atoms with van der Waals surface area (Å²) in [5.41, 5.74) is 6.99. The molecule has 1 rings (SSSR count). The van der Waals surface area contributed by atoms with Crippen molar-refractivity contribution in [1.29, 1.82) is 0 Å². The summed E-state index contributed by atoms with van der Waals surface area (Å²) < 4.78 is 6.25. The second-order valence-electron chi connectivity index (χ2n) is 2.90. The summed E-state index contributed by atoms with van der Waals surface area (Å²) in [5, 5.41) is 0. The molecule has 0 aromatic heterocycles. The summed E-state index contributed by atoms with van der Waals surface area (Å²) in [6.45, 7) is 2.06. The molecule has 0 saturated carbocycles. The standard InChI is InChI=1S/C10H14BrNO/c1-3-9(12)8-5-4-7(11)6-10(8)13-2/h4-6,9H,3,12H2,1-2H3/t9-/m1/s1. The van der Waals surface area contributed by atoms with Crippen LogP contribution < -0.4 is 10.5 Å². The molecule has 0 aliphatic carbocycles. The first-order valence-corrected chi connectivity index (χ1v) is 5.07. The van der Waals surface area contributed by atoms with Gasteiger partial charge in [-0.15, -0.1) is 0 Å². The first-order chi connectivity index (χ1) is 6.19. The van der Waals surface area contributed by atoms with Gasteiger partial charge in [0.15, 0.2) is 0 Å². The van der Waals surface area contributed by atoms with Gasteiger partial charge in [-0.05, 0) is 18.6 Å². The van der Waals surface area contributed by atoms with Crippen LogP contribution in [0.1, 0.15) is 24.9 Å². The van der Waals surface area contributed by atoms with Gasteiger partial charge in [-0.3, -0.25) is 0 Å². The van der Waals surface area contributed by atoms with E-state index in [4.69, 9.17) is 10.5 Å². The minimum absolute atomic E-state index is 0.0584. The van der Waals surface area contributed by atoms with Gasteiger partial charge in [-0.25, -0.2) is 0 Å². The third kappa shape index (κ3) is 2.45. The summed E-state index contributed by atoms with van der Waals surface area (Å²) in [6.07, 6.45) is 0.915. The van der Waals surface area contributed by atoms with Gasteiger partial charge in [0.2, 0.25) is 0 Å². The van der Waals surface area contributed by atoms with Crippen molar-refractivity contribution in [2.45, 2.75) is 19.4 Å².